The third-order valence-corrected chi connectivity index (χ3v) is 2.79. The van der Waals surface area contributed by atoms with Crippen molar-refractivity contribution in [1.29, 1.82) is 0 Å². The zero-order valence-corrected chi connectivity index (χ0v) is 11.4. The molecule has 1 aromatic rings. The first-order valence-electron chi connectivity index (χ1n) is 5.95. The number of ether oxygens (including phenoxy) is 1. The van der Waals surface area contributed by atoms with Gasteiger partial charge >= 0.3 is 0 Å². The lowest BCUT2D eigenvalue weighted by atomic mass is 10.2. The van der Waals surface area contributed by atoms with Crippen LogP contribution >= 0.6 is 12.2 Å². The molecule has 4 nitrogen and oxygen atoms in total. The van der Waals surface area contributed by atoms with Gasteiger partial charge in [0.1, 0.15) is 10.7 Å². The van der Waals surface area contributed by atoms with E-state index in [9.17, 15) is 0 Å². The van der Waals surface area contributed by atoms with E-state index in [1.807, 2.05) is 31.3 Å². The number of hydrogen-bond donors (Lipinski definition) is 2. The van der Waals surface area contributed by atoms with Gasteiger partial charge in [-0.2, -0.15) is 0 Å². The highest BCUT2D eigenvalue weighted by Gasteiger charge is 2.00. The Morgan fingerprint density at radius 1 is 1.44 bits per heavy atom. The number of rotatable bonds is 8. The van der Waals surface area contributed by atoms with E-state index in [-0.39, 0.29) is 6.61 Å². The Morgan fingerprint density at radius 3 is 2.89 bits per heavy atom. The molecule has 0 radical (unpaired) electrons. The van der Waals surface area contributed by atoms with Crippen molar-refractivity contribution in [2.45, 2.75) is 6.42 Å². The topological polar surface area (TPSA) is 58.7 Å². The second-order valence-corrected chi connectivity index (χ2v) is 4.56. The highest BCUT2D eigenvalue weighted by Crippen LogP contribution is 2.13. The number of nitrogens with two attached hydrogens (primary N) is 1. The van der Waals surface area contributed by atoms with Gasteiger partial charge in [0, 0.05) is 18.7 Å². The minimum Gasteiger partial charge on any atom is -0.494 e. The van der Waals surface area contributed by atoms with Gasteiger partial charge in [0.25, 0.3) is 0 Å². The number of benzene rings is 1. The third-order valence-electron chi connectivity index (χ3n) is 2.55. The van der Waals surface area contributed by atoms with Crippen molar-refractivity contribution in [3.8, 4) is 5.75 Å². The quantitative estimate of drug-likeness (QED) is 0.544. The zero-order chi connectivity index (χ0) is 13.4. The maximum absolute atomic E-state index is 8.76. The molecule has 0 heterocycles. The van der Waals surface area contributed by atoms with Crippen molar-refractivity contribution >= 4 is 17.2 Å². The highest BCUT2D eigenvalue weighted by atomic mass is 32.1. The van der Waals surface area contributed by atoms with Crippen molar-refractivity contribution in [2.24, 2.45) is 5.73 Å². The molecule has 5 heteroatoms. The Bertz CT molecular complexity index is 385. The maximum atomic E-state index is 8.76. The second kappa shape index (κ2) is 8.02. The summed E-state index contributed by atoms with van der Waals surface area (Å²) in [6, 6.07) is 7.48. The summed E-state index contributed by atoms with van der Waals surface area (Å²) in [5.74, 6) is 0.783. The molecule has 0 aliphatic carbocycles. The van der Waals surface area contributed by atoms with Gasteiger partial charge in [-0.25, -0.2) is 0 Å². The molecule has 1 rings (SSSR count). The maximum Gasteiger partial charge on any atom is 0.119 e. The first-order valence-corrected chi connectivity index (χ1v) is 6.36. The van der Waals surface area contributed by atoms with E-state index in [0.717, 1.165) is 24.3 Å². The van der Waals surface area contributed by atoms with Gasteiger partial charge in [0.05, 0.1) is 13.2 Å². The Hall–Kier alpha value is -1.17. The molecule has 0 saturated carbocycles. The van der Waals surface area contributed by atoms with Crippen LogP contribution in [0.5, 0.6) is 5.75 Å². The summed E-state index contributed by atoms with van der Waals surface area (Å²) in [5, 5.41) is 8.76. The molecule has 100 valence electrons. The molecule has 0 bridgehead atoms. The predicted molar refractivity (Wildman–Crippen MR) is 77.0 cm³/mol. The number of aliphatic hydroxyl groups excluding tert-OH is 1. The molecular weight excluding hydrogens is 248 g/mol. The van der Waals surface area contributed by atoms with Crippen LogP contribution < -0.4 is 10.5 Å². The highest BCUT2D eigenvalue weighted by molar-refractivity contribution is 7.80. The number of hydrogen-bond acceptors (Lipinski definition) is 4. The van der Waals surface area contributed by atoms with Crippen LogP contribution in [-0.2, 0) is 0 Å². The van der Waals surface area contributed by atoms with Crippen LogP contribution in [0, 0.1) is 0 Å². The number of thiocarbonyl (C=S) groups is 1. The van der Waals surface area contributed by atoms with E-state index in [2.05, 4.69) is 4.90 Å². The predicted octanol–water partition coefficient (Wildman–Crippen LogP) is 1.01. The smallest absolute Gasteiger partial charge is 0.119 e. The van der Waals surface area contributed by atoms with Gasteiger partial charge in [-0.3, -0.25) is 0 Å². The van der Waals surface area contributed by atoms with Crippen LogP contribution in [-0.4, -0.2) is 48.3 Å². The van der Waals surface area contributed by atoms with Crippen molar-refractivity contribution in [2.75, 3.05) is 33.4 Å². The molecular formula is C13H20N2O2S. The lowest BCUT2D eigenvalue weighted by molar-refractivity contribution is 0.207. The average Bonchev–Trinajstić information content (AvgIpc) is 2.35. The molecule has 3 N–H and O–H groups in total. The minimum absolute atomic E-state index is 0.188. The Kier molecular flexibility index (Phi) is 6.64. The molecule has 0 aliphatic rings. The summed E-state index contributed by atoms with van der Waals surface area (Å²) in [5.41, 5.74) is 6.38. The normalized spacial score (nSPS) is 10.6. The largest absolute Gasteiger partial charge is 0.494 e. The Balaban J connectivity index is 2.31. The van der Waals surface area contributed by atoms with Crippen LogP contribution in [0.2, 0.25) is 0 Å². The Labute approximate surface area is 113 Å². The molecule has 18 heavy (non-hydrogen) atoms. The van der Waals surface area contributed by atoms with Crippen LogP contribution in [0.15, 0.2) is 24.3 Å². The summed E-state index contributed by atoms with van der Waals surface area (Å²) in [7, 11) is 1.98. The van der Waals surface area contributed by atoms with Gasteiger partial charge in [-0.15, -0.1) is 0 Å². The fraction of sp³-hybridized carbons (Fsp3) is 0.462. The average molecular weight is 268 g/mol. The summed E-state index contributed by atoms with van der Waals surface area (Å²) >= 11 is 4.91. The zero-order valence-electron chi connectivity index (χ0n) is 10.6. The first kappa shape index (κ1) is 14.9. The van der Waals surface area contributed by atoms with E-state index in [4.69, 9.17) is 27.8 Å². The molecule has 0 amide bonds. The standard InChI is InChI=1S/C13H20N2O2S/c1-15(7-8-16)6-3-9-17-12-5-2-4-11(10-12)13(14)18/h2,4-5,10,16H,3,6-9H2,1H3,(H2,14,18). The van der Waals surface area contributed by atoms with E-state index >= 15 is 0 Å². The molecule has 0 aromatic heterocycles. The fourth-order valence-corrected chi connectivity index (χ4v) is 1.67. The van der Waals surface area contributed by atoms with Crippen LogP contribution in [0.4, 0.5) is 0 Å². The monoisotopic (exact) mass is 268 g/mol. The van der Waals surface area contributed by atoms with Gasteiger partial charge in [0.15, 0.2) is 0 Å². The number of nitrogens with zero attached hydrogens (tertiary/aromatic N) is 1. The minimum atomic E-state index is 0.188. The SMILES string of the molecule is CN(CCO)CCCOc1cccc(C(N)=S)c1. The molecule has 0 saturated heterocycles. The van der Waals surface area contributed by atoms with Gasteiger partial charge < -0.3 is 20.5 Å². The van der Waals surface area contributed by atoms with Gasteiger partial charge in [0.2, 0.25) is 0 Å². The molecule has 0 spiro atoms. The van der Waals surface area contributed by atoms with E-state index in [1.54, 1.807) is 0 Å². The van der Waals surface area contributed by atoms with Crippen LogP contribution in [0.25, 0.3) is 0 Å². The van der Waals surface area contributed by atoms with Gasteiger partial charge in [-0.1, -0.05) is 24.4 Å². The first-order chi connectivity index (χ1) is 8.63. The summed E-state index contributed by atoms with van der Waals surface area (Å²) in [6.07, 6.45) is 0.911. The third kappa shape index (κ3) is 5.44. The molecule has 0 atom stereocenters. The lowest BCUT2D eigenvalue weighted by Crippen LogP contribution is -2.24. The summed E-state index contributed by atoms with van der Waals surface area (Å²) in [6.45, 7) is 2.41. The van der Waals surface area contributed by atoms with Crippen molar-refractivity contribution < 1.29 is 9.84 Å². The number of likely N-dealkylation sites (N-methyl/N-ethyl adjacent to an activating group) is 1. The van der Waals surface area contributed by atoms with Gasteiger partial charge in [-0.05, 0) is 25.6 Å². The fourth-order valence-electron chi connectivity index (χ4n) is 1.55. The molecule has 0 unspecified atom stereocenters. The number of aliphatic hydroxyl groups is 1. The molecule has 0 fully saturated rings. The van der Waals surface area contributed by atoms with Crippen molar-refractivity contribution in [3.63, 3.8) is 0 Å². The van der Waals surface area contributed by atoms with Crippen molar-refractivity contribution in [3.05, 3.63) is 29.8 Å². The van der Waals surface area contributed by atoms with E-state index < -0.39 is 0 Å². The molecule has 1 aromatic carbocycles. The van der Waals surface area contributed by atoms with Crippen molar-refractivity contribution in [1.82, 2.24) is 4.90 Å². The molecule has 0 aliphatic heterocycles. The van der Waals surface area contributed by atoms with E-state index in [1.165, 1.54) is 0 Å². The lowest BCUT2D eigenvalue weighted by Gasteiger charge is -2.15. The van der Waals surface area contributed by atoms with Crippen LogP contribution in [0.3, 0.4) is 0 Å². The second-order valence-electron chi connectivity index (χ2n) is 4.12. The Morgan fingerprint density at radius 2 is 2.22 bits per heavy atom. The summed E-state index contributed by atoms with van der Waals surface area (Å²) in [4.78, 5) is 2.44. The van der Waals surface area contributed by atoms with Crippen LogP contribution in [0.1, 0.15) is 12.0 Å². The summed E-state index contributed by atoms with van der Waals surface area (Å²) < 4.78 is 5.62. The van der Waals surface area contributed by atoms with E-state index in [0.29, 0.717) is 18.1 Å².